The largest absolute Gasteiger partial charge is 0.345 e. The Morgan fingerprint density at radius 1 is 1.16 bits per heavy atom. The number of carbonyl (C=O) groups excluding carboxylic acids is 2. The van der Waals surface area contributed by atoms with Crippen molar-refractivity contribution >= 4 is 17.5 Å². The number of nitrogens with zero attached hydrogens (tertiary/aromatic N) is 1. The number of amides is 2. The molecule has 0 aromatic heterocycles. The minimum atomic E-state index is -0.0236. The first-order valence-electron chi connectivity index (χ1n) is 9.25. The van der Waals surface area contributed by atoms with E-state index in [9.17, 15) is 9.59 Å². The number of nitrogens with one attached hydrogen (secondary N) is 1. The molecular weight excluding hydrogens is 314 g/mol. The Kier molecular flexibility index (Phi) is 5.13. The predicted octanol–water partition coefficient (Wildman–Crippen LogP) is 2.79. The molecule has 2 aliphatic rings. The maximum atomic E-state index is 12.7. The zero-order chi connectivity index (χ0) is 18.1. The molecule has 0 heterocycles. The van der Waals surface area contributed by atoms with Crippen LogP contribution < -0.4 is 11.1 Å². The number of hydrogen-bond donors (Lipinski definition) is 2. The van der Waals surface area contributed by atoms with Crippen molar-refractivity contribution in [3.63, 3.8) is 0 Å². The molecule has 1 aromatic carbocycles. The van der Waals surface area contributed by atoms with Gasteiger partial charge in [0.05, 0.1) is 0 Å². The van der Waals surface area contributed by atoms with Crippen LogP contribution in [0.5, 0.6) is 0 Å². The first kappa shape index (κ1) is 17.9. The van der Waals surface area contributed by atoms with Crippen LogP contribution in [0.2, 0.25) is 0 Å². The molecule has 25 heavy (non-hydrogen) atoms. The average Bonchev–Trinajstić information content (AvgIpc) is 2.54. The first-order chi connectivity index (χ1) is 11.9. The van der Waals surface area contributed by atoms with Gasteiger partial charge in [-0.15, -0.1) is 0 Å². The van der Waals surface area contributed by atoms with E-state index in [0.29, 0.717) is 17.4 Å². The van der Waals surface area contributed by atoms with Crippen molar-refractivity contribution < 1.29 is 9.59 Å². The van der Waals surface area contributed by atoms with E-state index >= 15 is 0 Å². The van der Waals surface area contributed by atoms with E-state index in [1.165, 1.54) is 6.42 Å². The molecule has 0 saturated heterocycles. The van der Waals surface area contributed by atoms with Gasteiger partial charge in [0.25, 0.3) is 5.91 Å². The van der Waals surface area contributed by atoms with Gasteiger partial charge in [0.1, 0.15) is 0 Å². The second-order valence-corrected chi connectivity index (χ2v) is 7.92. The van der Waals surface area contributed by atoms with Gasteiger partial charge in [0.2, 0.25) is 5.91 Å². The Labute approximate surface area is 150 Å². The topological polar surface area (TPSA) is 75.4 Å². The highest BCUT2D eigenvalue weighted by atomic mass is 16.2. The van der Waals surface area contributed by atoms with Crippen molar-refractivity contribution in [2.24, 2.45) is 23.5 Å². The predicted molar refractivity (Wildman–Crippen MR) is 99.4 cm³/mol. The lowest BCUT2D eigenvalue weighted by Crippen LogP contribution is -2.48. The summed E-state index contributed by atoms with van der Waals surface area (Å²) in [6.07, 6.45) is 5.36. The lowest BCUT2D eigenvalue weighted by atomic mass is 9.65. The van der Waals surface area contributed by atoms with Gasteiger partial charge in [-0.25, -0.2) is 0 Å². The third-order valence-electron chi connectivity index (χ3n) is 5.91. The number of carbonyl (C=O) groups is 2. The minimum absolute atomic E-state index is 0.0236. The Bertz CT molecular complexity index is 657. The molecule has 0 radical (unpaired) electrons. The van der Waals surface area contributed by atoms with Gasteiger partial charge < -0.3 is 16.0 Å². The van der Waals surface area contributed by atoms with Gasteiger partial charge in [0.15, 0.2) is 0 Å². The normalized spacial score (nSPS) is 28.3. The fourth-order valence-corrected chi connectivity index (χ4v) is 4.47. The summed E-state index contributed by atoms with van der Waals surface area (Å²) in [6.45, 7) is 1.90. The highest BCUT2D eigenvalue weighted by Gasteiger charge is 2.40. The number of hydrogen-bond acceptors (Lipinski definition) is 3. The Balaban J connectivity index is 1.67. The SMILES string of the molecule is Cc1cc(NC(=O)C2CC3CCCC(C2)C3N)ccc1C(=O)N(C)C. The van der Waals surface area contributed by atoms with E-state index in [0.717, 1.165) is 36.9 Å². The molecule has 2 amide bonds. The minimum Gasteiger partial charge on any atom is -0.345 e. The number of fused-ring (bicyclic) bond motifs is 2. The lowest BCUT2D eigenvalue weighted by molar-refractivity contribution is -0.122. The van der Waals surface area contributed by atoms with Crippen LogP contribution in [0.3, 0.4) is 0 Å². The summed E-state index contributed by atoms with van der Waals surface area (Å²) in [5.74, 6) is 1.10. The molecular formula is C20H29N3O2. The highest BCUT2D eigenvalue weighted by Crippen LogP contribution is 2.42. The Morgan fingerprint density at radius 2 is 1.80 bits per heavy atom. The molecule has 2 saturated carbocycles. The van der Waals surface area contributed by atoms with E-state index < -0.39 is 0 Å². The highest BCUT2D eigenvalue weighted by molar-refractivity contribution is 5.97. The molecule has 3 N–H and O–H groups in total. The summed E-state index contributed by atoms with van der Waals surface area (Å²) in [7, 11) is 3.48. The van der Waals surface area contributed by atoms with Crippen LogP contribution in [0.4, 0.5) is 5.69 Å². The third kappa shape index (κ3) is 3.71. The van der Waals surface area contributed by atoms with E-state index in [1.807, 2.05) is 19.1 Å². The van der Waals surface area contributed by atoms with Crippen LogP contribution in [0.1, 0.15) is 48.0 Å². The summed E-state index contributed by atoms with van der Waals surface area (Å²) in [6, 6.07) is 5.76. The van der Waals surface area contributed by atoms with Gasteiger partial charge in [-0.3, -0.25) is 9.59 Å². The molecule has 1 aromatic rings. The van der Waals surface area contributed by atoms with Crippen LogP contribution in [-0.2, 0) is 4.79 Å². The molecule has 2 atom stereocenters. The molecule has 2 aliphatic carbocycles. The van der Waals surface area contributed by atoms with Crippen molar-refractivity contribution in [3.05, 3.63) is 29.3 Å². The molecule has 0 aliphatic heterocycles. The molecule has 0 spiro atoms. The van der Waals surface area contributed by atoms with Crippen molar-refractivity contribution in [2.45, 2.75) is 45.1 Å². The molecule has 136 valence electrons. The number of benzene rings is 1. The number of nitrogens with two attached hydrogens (primary N) is 1. The number of anilines is 1. The second-order valence-electron chi connectivity index (χ2n) is 7.92. The average molecular weight is 343 g/mol. The zero-order valence-electron chi connectivity index (χ0n) is 15.4. The van der Waals surface area contributed by atoms with Crippen LogP contribution in [0.15, 0.2) is 18.2 Å². The summed E-state index contributed by atoms with van der Waals surface area (Å²) in [4.78, 5) is 26.4. The fraction of sp³-hybridized carbons (Fsp3) is 0.600. The Morgan fingerprint density at radius 3 is 2.36 bits per heavy atom. The molecule has 5 nitrogen and oxygen atoms in total. The maximum Gasteiger partial charge on any atom is 0.253 e. The third-order valence-corrected chi connectivity index (χ3v) is 5.91. The number of aryl methyl sites for hydroxylation is 1. The summed E-state index contributed by atoms with van der Waals surface area (Å²) in [5.41, 5.74) is 8.62. The zero-order valence-corrected chi connectivity index (χ0v) is 15.4. The van der Waals surface area contributed by atoms with Gasteiger partial charge in [-0.05, 0) is 68.2 Å². The van der Waals surface area contributed by atoms with E-state index in [2.05, 4.69) is 5.32 Å². The van der Waals surface area contributed by atoms with Gasteiger partial charge in [0, 0.05) is 37.3 Å². The van der Waals surface area contributed by atoms with Gasteiger partial charge in [-0.1, -0.05) is 6.42 Å². The van der Waals surface area contributed by atoms with Crippen LogP contribution in [0.25, 0.3) is 0 Å². The van der Waals surface area contributed by atoms with E-state index in [1.54, 1.807) is 25.1 Å². The quantitative estimate of drug-likeness (QED) is 0.886. The summed E-state index contributed by atoms with van der Waals surface area (Å²) < 4.78 is 0. The van der Waals surface area contributed by atoms with Crippen LogP contribution in [-0.4, -0.2) is 36.9 Å². The first-order valence-corrected chi connectivity index (χ1v) is 9.25. The lowest BCUT2D eigenvalue weighted by Gasteiger charge is -2.43. The van der Waals surface area contributed by atoms with E-state index in [4.69, 9.17) is 5.73 Å². The standard InChI is InChI=1S/C20H29N3O2/c1-12-9-16(7-8-17(12)20(25)23(2)3)22-19(24)15-10-13-5-4-6-14(11-15)18(13)21/h7-9,13-15,18H,4-6,10-11,21H2,1-3H3,(H,22,24). The Hall–Kier alpha value is -1.88. The monoisotopic (exact) mass is 343 g/mol. The smallest absolute Gasteiger partial charge is 0.253 e. The van der Waals surface area contributed by atoms with Crippen molar-refractivity contribution in [2.75, 3.05) is 19.4 Å². The molecule has 5 heteroatoms. The van der Waals surface area contributed by atoms with E-state index in [-0.39, 0.29) is 23.8 Å². The summed E-state index contributed by atoms with van der Waals surface area (Å²) in [5, 5.41) is 3.05. The van der Waals surface area contributed by atoms with Gasteiger partial charge in [-0.2, -0.15) is 0 Å². The van der Waals surface area contributed by atoms with Crippen molar-refractivity contribution in [3.8, 4) is 0 Å². The van der Waals surface area contributed by atoms with Crippen molar-refractivity contribution in [1.29, 1.82) is 0 Å². The van der Waals surface area contributed by atoms with Gasteiger partial charge >= 0.3 is 0 Å². The molecule has 3 rings (SSSR count). The van der Waals surface area contributed by atoms with Crippen LogP contribution >= 0.6 is 0 Å². The van der Waals surface area contributed by atoms with Crippen LogP contribution in [0, 0.1) is 24.7 Å². The second kappa shape index (κ2) is 7.16. The maximum absolute atomic E-state index is 12.7. The fourth-order valence-electron chi connectivity index (χ4n) is 4.47. The number of rotatable bonds is 3. The molecule has 2 bridgehead atoms. The van der Waals surface area contributed by atoms with Crippen molar-refractivity contribution in [1.82, 2.24) is 4.90 Å². The summed E-state index contributed by atoms with van der Waals surface area (Å²) >= 11 is 0. The molecule has 2 unspecified atom stereocenters. The molecule has 2 fully saturated rings.